The van der Waals surface area contributed by atoms with Gasteiger partial charge in [-0.15, -0.1) is 0 Å². The van der Waals surface area contributed by atoms with Crippen molar-refractivity contribution in [2.24, 2.45) is 0 Å². The number of para-hydroxylation sites is 1. The quantitative estimate of drug-likeness (QED) is 0.0750. The van der Waals surface area contributed by atoms with Gasteiger partial charge < -0.3 is 33.0 Å². The van der Waals surface area contributed by atoms with Crippen LogP contribution in [0.15, 0.2) is 60.7 Å². The zero-order valence-corrected chi connectivity index (χ0v) is 36.9. The minimum absolute atomic E-state index is 0.0613. The smallest absolute Gasteiger partial charge is 0.272 e. The Bertz CT molecular complexity index is 2020. The Labute approximate surface area is 339 Å². The van der Waals surface area contributed by atoms with Gasteiger partial charge in [-0.2, -0.15) is 0 Å². The van der Waals surface area contributed by atoms with Crippen LogP contribution >= 0.6 is 11.6 Å². The van der Waals surface area contributed by atoms with E-state index in [2.05, 4.69) is 87.5 Å². The second-order valence-electron chi connectivity index (χ2n) is 18.1. The first-order valence-corrected chi connectivity index (χ1v) is 26.9. The molecular weight excluding hydrogens is 760 g/mol. The molecule has 0 amide bonds. The van der Waals surface area contributed by atoms with Crippen LogP contribution < -0.4 is 14.4 Å². The van der Waals surface area contributed by atoms with E-state index in [1.54, 1.807) is 0 Å². The van der Waals surface area contributed by atoms with Gasteiger partial charge in [-0.3, -0.25) is 9.55 Å². The number of ether oxygens (including phenoxy) is 5. The van der Waals surface area contributed by atoms with Gasteiger partial charge >= 0.3 is 0 Å². The monoisotopic (exact) mass is 816 g/mol. The summed E-state index contributed by atoms with van der Waals surface area (Å²) in [7, 11) is -3.39. The molecule has 5 heterocycles. The molecule has 4 atom stereocenters. The van der Waals surface area contributed by atoms with Crippen molar-refractivity contribution < 1.29 is 28.1 Å². The second-order valence-corrected chi connectivity index (χ2v) is 28.8. The summed E-state index contributed by atoms with van der Waals surface area (Å²) in [6, 6.07) is 21.3. The van der Waals surface area contributed by atoms with E-state index < -0.39 is 22.5 Å². The maximum Gasteiger partial charge on any atom is 0.272 e. The Morgan fingerprint density at radius 2 is 1.57 bits per heavy atom. The molecule has 3 aliphatic heterocycles. The highest BCUT2D eigenvalue weighted by molar-refractivity contribution is 6.76. The highest BCUT2D eigenvalue weighted by Gasteiger charge is 2.52. The highest BCUT2D eigenvalue weighted by atomic mass is 35.5. The summed E-state index contributed by atoms with van der Waals surface area (Å²) < 4.78 is 40.5. The number of halogens is 1. The van der Waals surface area contributed by atoms with Crippen molar-refractivity contribution in [2.75, 3.05) is 37.8 Å². The number of hydrogen-bond acceptors (Lipinski definition) is 8. The number of nitrogens with zero attached hydrogens (tertiary/aromatic N) is 4. The topological polar surface area (TPSA) is 80.8 Å². The van der Waals surface area contributed by atoms with Crippen molar-refractivity contribution in [3.05, 3.63) is 77.1 Å². The molecule has 3 fully saturated rings. The summed E-state index contributed by atoms with van der Waals surface area (Å²) >= 11 is 7.05. The van der Waals surface area contributed by atoms with Gasteiger partial charge in [0.25, 0.3) is 5.69 Å². The molecule has 56 heavy (non-hydrogen) atoms. The summed E-state index contributed by atoms with van der Waals surface area (Å²) in [6.45, 7) is 30.0. The molecule has 0 unspecified atom stereocenters. The number of piperidine rings is 1. The van der Waals surface area contributed by atoms with Crippen molar-refractivity contribution in [2.45, 2.75) is 115 Å². The van der Waals surface area contributed by atoms with Crippen LogP contribution in [0.2, 0.25) is 48.8 Å². The predicted octanol–water partition coefficient (Wildman–Crippen LogP) is 10.2. The molecule has 4 aromatic rings. The molecular formula is C43H57ClN4O6Si2. The number of benzene rings is 2. The fourth-order valence-corrected chi connectivity index (χ4v) is 9.69. The molecule has 0 bridgehead atoms. The fourth-order valence-electron chi connectivity index (χ4n) is 7.37. The van der Waals surface area contributed by atoms with Crippen molar-refractivity contribution >= 4 is 50.4 Å². The average Bonchev–Trinajstić information content (AvgIpc) is 3.82. The van der Waals surface area contributed by atoms with Crippen LogP contribution in [0.4, 0.5) is 11.4 Å². The third-order valence-corrected chi connectivity index (χ3v) is 18.2. The SMILES string of the molecule is [C-]#[N+]c1c(O[C@@H]2CO[C@H]3[C@@H]2OC[C@H]3O[Si](C)(C)C(C)(C)C)n(COCC[Si](C)(C)C)c2cc(Cl)c(-c3ccc(N4CCC(Oc5ccccc5)CC4)cc3)nc12. The van der Waals surface area contributed by atoms with Crippen LogP contribution in [0.1, 0.15) is 33.6 Å². The maximum absolute atomic E-state index is 8.36. The lowest BCUT2D eigenvalue weighted by Gasteiger charge is -2.39. The number of hydrogen-bond donors (Lipinski definition) is 0. The lowest BCUT2D eigenvalue weighted by atomic mass is 10.1. The lowest BCUT2D eigenvalue weighted by Crippen LogP contribution is -2.47. The Morgan fingerprint density at radius 3 is 2.21 bits per heavy atom. The number of anilines is 1. The Balaban J connectivity index is 1.12. The standard InChI is InChI=1S/C43H57ClN4O6Si2/c1-43(2,3)56(8,9)54-36-27-51-40-35(26-50-41(36)40)53-42-39(45-4)38-34(48(42)28-49-23-24-55(5,6)7)25-33(44)37(46-38)29-15-17-30(18-16-29)47-21-19-32(20-22-47)52-31-13-11-10-12-14-31/h10-18,25,32,35-36,40-41H,19-24,26-28H2,1-3,5-9H3/t35-,36-,40-,41-/m1/s1. The fraction of sp³-hybridized carbons (Fsp3) is 0.535. The molecule has 3 aliphatic rings. The van der Waals surface area contributed by atoms with Crippen molar-refractivity contribution in [3.63, 3.8) is 0 Å². The van der Waals surface area contributed by atoms with Crippen LogP contribution in [0, 0.1) is 6.57 Å². The molecule has 0 aliphatic carbocycles. The Hall–Kier alpha value is -3.42. The molecule has 13 heteroatoms. The second kappa shape index (κ2) is 16.4. The van der Waals surface area contributed by atoms with Crippen LogP contribution in [-0.2, 0) is 25.4 Å². The van der Waals surface area contributed by atoms with Gasteiger partial charge in [0.15, 0.2) is 14.4 Å². The molecule has 0 spiro atoms. The molecule has 0 radical (unpaired) electrons. The maximum atomic E-state index is 8.36. The van der Waals surface area contributed by atoms with Gasteiger partial charge in [-0.1, -0.05) is 82.3 Å². The van der Waals surface area contributed by atoms with Crippen LogP contribution in [0.3, 0.4) is 0 Å². The zero-order valence-electron chi connectivity index (χ0n) is 34.1. The van der Waals surface area contributed by atoms with Crippen molar-refractivity contribution in [1.82, 2.24) is 9.55 Å². The normalized spacial score (nSPS) is 22.0. The van der Waals surface area contributed by atoms with E-state index in [-0.39, 0.29) is 36.2 Å². The predicted molar refractivity (Wildman–Crippen MR) is 229 cm³/mol. The van der Waals surface area contributed by atoms with Crippen LogP contribution in [0.25, 0.3) is 27.1 Å². The van der Waals surface area contributed by atoms with Gasteiger partial charge in [-0.25, -0.2) is 4.85 Å². The van der Waals surface area contributed by atoms with Gasteiger partial charge in [0.2, 0.25) is 5.88 Å². The third-order valence-electron chi connectivity index (χ3n) is 11.7. The number of pyridine rings is 1. The molecule has 7 rings (SSSR count). The Kier molecular flexibility index (Phi) is 12.0. The van der Waals surface area contributed by atoms with Gasteiger partial charge in [0, 0.05) is 51.9 Å². The minimum atomic E-state index is -2.06. The summed E-state index contributed by atoms with van der Waals surface area (Å²) in [5.41, 5.74) is 4.16. The molecule has 2 aromatic heterocycles. The zero-order chi connectivity index (χ0) is 39.8. The van der Waals surface area contributed by atoms with Gasteiger partial charge in [-0.05, 0) is 54.5 Å². The van der Waals surface area contributed by atoms with Crippen molar-refractivity contribution in [1.29, 1.82) is 0 Å². The van der Waals surface area contributed by atoms with Gasteiger partial charge in [0.1, 0.15) is 30.8 Å². The summed E-state index contributed by atoms with van der Waals surface area (Å²) in [5, 5.41) is 0.549. The first-order valence-electron chi connectivity index (χ1n) is 19.9. The van der Waals surface area contributed by atoms with E-state index in [1.807, 2.05) is 41.0 Å². The summed E-state index contributed by atoms with van der Waals surface area (Å²) in [6.07, 6.45) is 0.946. The molecule has 300 valence electrons. The molecule has 10 nitrogen and oxygen atoms in total. The minimum Gasteiger partial charge on any atom is -0.490 e. The van der Waals surface area contributed by atoms with Crippen molar-refractivity contribution in [3.8, 4) is 22.9 Å². The summed E-state index contributed by atoms with van der Waals surface area (Å²) in [5.74, 6) is 1.32. The molecule has 3 saturated heterocycles. The largest absolute Gasteiger partial charge is 0.490 e. The number of fused-ring (bicyclic) bond motifs is 2. The van der Waals surface area contributed by atoms with Crippen LogP contribution in [0.5, 0.6) is 11.6 Å². The van der Waals surface area contributed by atoms with E-state index in [0.29, 0.717) is 53.1 Å². The van der Waals surface area contributed by atoms with E-state index >= 15 is 0 Å². The lowest BCUT2D eigenvalue weighted by molar-refractivity contribution is 0.00890. The molecule has 2 aromatic carbocycles. The molecule has 0 N–H and O–H groups in total. The van der Waals surface area contributed by atoms with Gasteiger partial charge in [0.05, 0.1) is 47.6 Å². The van der Waals surface area contributed by atoms with E-state index in [9.17, 15) is 0 Å². The average molecular weight is 818 g/mol. The van der Waals surface area contributed by atoms with E-state index in [4.69, 9.17) is 51.3 Å². The van der Waals surface area contributed by atoms with E-state index in [1.165, 1.54) is 0 Å². The summed E-state index contributed by atoms with van der Waals surface area (Å²) in [4.78, 5) is 11.5. The molecule has 0 saturated carbocycles. The first kappa shape index (κ1) is 40.8. The van der Waals surface area contributed by atoms with E-state index in [0.717, 1.165) is 49.0 Å². The number of rotatable bonds is 13. The number of aromatic nitrogens is 2. The Morgan fingerprint density at radius 1 is 0.911 bits per heavy atom. The third kappa shape index (κ3) is 8.84. The van der Waals surface area contributed by atoms with Crippen LogP contribution in [-0.4, -0.2) is 89.4 Å². The first-order chi connectivity index (χ1) is 26.6. The highest BCUT2D eigenvalue weighted by Crippen LogP contribution is 2.45.